The molecule has 5 heteroatoms. The molecule has 0 spiro atoms. The molecular formula is C11H9ClN2O2. The van der Waals surface area contributed by atoms with Crippen LogP contribution in [0.3, 0.4) is 0 Å². The average molecular weight is 237 g/mol. The molecule has 1 N–H and O–H groups in total. The lowest BCUT2D eigenvalue weighted by Crippen LogP contribution is -2.07. The van der Waals surface area contributed by atoms with Crippen molar-refractivity contribution in [3.8, 4) is 5.69 Å². The Morgan fingerprint density at radius 1 is 1.38 bits per heavy atom. The van der Waals surface area contributed by atoms with Gasteiger partial charge in [0.15, 0.2) is 5.69 Å². The number of carboxylic acid groups (broad SMARTS) is 1. The lowest BCUT2D eigenvalue weighted by molar-refractivity contribution is 0.0687. The summed E-state index contributed by atoms with van der Waals surface area (Å²) in [7, 11) is 0. The first-order chi connectivity index (χ1) is 7.59. The molecule has 82 valence electrons. The summed E-state index contributed by atoms with van der Waals surface area (Å²) in [6, 6.07) is 6.90. The van der Waals surface area contributed by atoms with E-state index in [4.69, 9.17) is 16.7 Å². The first-order valence-electron chi connectivity index (χ1n) is 4.63. The summed E-state index contributed by atoms with van der Waals surface area (Å²) < 4.78 is 1.52. The summed E-state index contributed by atoms with van der Waals surface area (Å²) in [5.74, 6) is -0.995. The molecule has 16 heavy (non-hydrogen) atoms. The van der Waals surface area contributed by atoms with Gasteiger partial charge in [-0.15, -0.1) is 0 Å². The third-order valence-electron chi connectivity index (χ3n) is 2.26. The van der Waals surface area contributed by atoms with E-state index < -0.39 is 5.97 Å². The molecular weight excluding hydrogens is 228 g/mol. The van der Waals surface area contributed by atoms with E-state index in [-0.39, 0.29) is 5.69 Å². The van der Waals surface area contributed by atoms with Crippen molar-refractivity contribution < 1.29 is 9.90 Å². The number of aryl methyl sites for hydroxylation is 1. The summed E-state index contributed by atoms with van der Waals surface area (Å²) in [5.41, 5.74) is 1.38. The zero-order valence-corrected chi connectivity index (χ0v) is 9.27. The Hall–Kier alpha value is -1.81. The number of carbonyl (C=O) groups is 1. The Balaban J connectivity index is 2.56. The van der Waals surface area contributed by atoms with Crippen LogP contribution in [0.1, 0.15) is 16.2 Å². The maximum atomic E-state index is 11.1. The Morgan fingerprint density at radius 3 is 2.56 bits per heavy atom. The molecule has 0 saturated carbocycles. The number of hydrogen-bond donors (Lipinski definition) is 1. The first kappa shape index (κ1) is 10.7. The third-order valence-corrected chi connectivity index (χ3v) is 2.51. The zero-order chi connectivity index (χ0) is 11.7. The second-order valence-corrected chi connectivity index (χ2v) is 3.77. The summed E-state index contributed by atoms with van der Waals surface area (Å²) in [6.07, 6.45) is 1.49. The molecule has 4 nitrogen and oxygen atoms in total. The van der Waals surface area contributed by atoms with Crippen LogP contribution in [0.4, 0.5) is 0 Å². The molecule has 0 unspecified atom stereocenters. The number of aromatic carboxylic acids is 1. The molecule has 2 aromatic rings. The van der Waals surface area contributed by atoms with Crippen LogP contribution in [0, 0.1) is 6.92 Å². The van der Waals surface area contributed by atoms with Crippen LogP contribution in [0.2, 0.25) is 5.02 Å². The van der Waals surface area contributed by atoms with E-state index in [0.717, 1.165) is 5.69 Å². The Morgan fingerprint density at radius 2 is 2.00 bits per heavy atom. The molecule has 0 radical (unpaired) electrons. The number of nitrogens with zero attached hydrogens (tertiary/aromatic N) is 2. The number of imidazole rings is 1. The van der Waals surface area contributed by atoms with Crippen LogP contribution in [-0.4, -0.2) is 20.6 Å². The van der Waals surface area contributed by atoms with Crippen molar-refractivity contribution in [1.29, 1.82) is 0 Å². The lowest BCUT2D eigenvalue weighted by Gasteiger charge is -2.05. The number of aromatic nitrogens is 2. The van der Waals surface area contributed by atoms with E-state index in [9.17, 15) is 4.79 Å². The lowest BCUT2D eigenvalue weighted by atomic mass is 10.3. The SMILES string of the molecule is Cc1ncn(-c2ccc(Cl)cc2)c1C(=O)O. The van der Waals surface area contributed by atoms with Crippen molar-refractivity contribution in [2.75, 3.05) is 0 Å². The van der Waals surface area contributed by atoms with Gasteiger partial charge in [0, 0.05) is 10.7 Å². The van der Waals surface area contributed by atoms with Crippen molar-refractivity contribution in [3.63, 3.8) is 0 Å². The van der Waals surface area contributed by atoms with Gasteiger partial charge >= 0.3 is 5.97 Å². The Kier molecular flexibility index (Phi) is 2.66. The van der Waals surface area contributed by atoms with Crippen molar-refractivity contribution in [2.24, 2.45) is 0 Å². The van der Waals surface area contributed by atoms with Gasteiger partial charge in [-0.05, 0) is 31.2 Å². The minimum atomic E-state index is -0.995. The van der Waals surface area contributed by atoms with Gasteiger partial charge in [-0.3, -0.25) is 4.57 Å². The highest BCUT2D eigenvalue weighted by molar-refractivity contribution is 6.30. The minimum Gasteiger partial charge on any atom is -0.477 e. The first-order valence-corrected chi connectivity index (χ1v) is 5.00. The molecule has 2 rings (SSSR count). The van der Waals surface area contributed by atoms with Crippen LogP contribution in [-0.2, 0) is 0 Å². The van der Waals surface area contributed by atoms with Gasteiger partial charge < -0.3 is 5.11 Å². The van der Waals surface area contributed by atoms with Gasteiger partial charge in [0.2, 0.25) is 0 Å². The smallest absolute Gasteiger partial charge is 0.354 e. The van der Waals surface area contributed by atoms with Gasteiger partial charge in [0.05, 0.1) is 5.69 Å². The second kappa shape index (κ2) is 3.98. The molecule has 0 aliphatic carbocycles. The standard InChI is InChI=1S/C11H9ClN2O2/c1-7-10(11(15)16)14(6-13-7)9-4-2-8(12)3-5-9/h2-6H,1H3,(H,15,16). The van der Waals surface area contributed by atoms with E-state index >= 15 is 0 Å². The fraction of sp³-hybridized carbons (Fsp3) is 0.0909. The van der Waals surface area contributed by atoms with E-state index in [2.05, 4.69) is 4.98 Å². The fourth-order valence-electron chi connectivity index (χ4n) is 1.49. The molecule has 0 aliphatic heterocycles. The van der Waals surface area contributed by atoms with Gasteiger partial charge in [0.1, 0.15) is 6.33 Å². The van der Waals surface area contributed by atoms with Gasteiger partial charge in [0.25, 0.3) is 0 Å². The van der Waals surface area contributed by atoms with Gasteiger partial charge in [-0.2, -0.15) is 0 Å². The maximum Gasteiger partial charge on any atom is 0.354 e. The number of hydrogen-bond acceptors (Lipinski definition) is 2. The molecule has 1 heterocycles. The monoisotopic (exact) mass is 236 g/mol. The average Bonchev–Trinajstić information content (AvgIpc) is 2.61. The Labute approximate surface area is 97.1 Å². The highest BCUT2D eigenvalue weighted by Gasteiger charge is 2.15. The molecule has 0 atom stereocenters. The summed E-state index contributed by atoms with van der Waals surface area (Å²) >= 11 is 5.77. The molecule has 0 fully saturated rings. The van der Waals surface area contributed by atoms with E-state index in [0.29, 0.717) is 10.7 Å². The van der Waals surface area contributed by atoms with Crippen LogP contribution in [0.25, 0.3) is 5.69 Å². The molecule has 1 aromatic carbocycles. The summed E-state index contributed by atoms with van der Waals surface area (Å²) in [4.78, 5) is 15.0. The largest absolute Gasteiger partial charge is 0.477 e. The second-order valence-electron chi connectivity index (χ2n) is 3.33. The summed E-state index contributed by atoms with van der Waals surface area (Å²) in [6.45, 7) is 1.66. The Bertz CT molecular complexity index is 531. The maximum absolute atomic E-state index is 11.1. The van der Waals surface area contributed by atoms with E-state index in [1.54, 1.807) is 31.2 Å². The van der Waals surface area contributed by atoms with E-state index in [1.807, 2.05) is 0 Å². The van der Waals surface area contributed by atoms with Crippen LogP contribution in [0.15, 0.2) is 30.6 Å². The number of halogens is 1. The molecule has 0 saturated heterocycles. The van der Waals surface area contributed by atoms with Crippen molar-refractivity contribution >= 4 is 17.6 Å². The highest BCUT2D eigenvalue weighted by atomic mass is 35.5. The summed E-state index contributed by atoms with van der Waals surface area (Å²) in [5, 5.41) is 9.67. The highest BCUT2D eigenvalue weighted by Crippen LogP contribution is 2.17. The van der Waals surface area contributed by atoms with Crippen molar-refractivity contribution in [2.45, 2.75) is 6.92 Å². The third kappa shape index (κ3) is 1.79. The molecule has 0 aliphatic rings. The van der Waals surface area contributed by atoms with Crippen molar-refractivity contribution in [3.05, 3.63) is 47.0 Å². The topological polar surface area (TPSA) is 55.1 Å². The molecule has 0 amide bonds. The number of carboxylic acids is 1. The van der Waals surface area contributed by atoms with Crippen LogP contribution < -0.4 is 0 Å². The zero-order valence-electron chi connectivity index (χ0n) is 8.51. The molecule has 0 bridgehead atoms. The van der Waals surface area contributed by atoms with E-state index in [1.165, 1.54) is 10.9 Å². The molecule has 1 aromatic heterocycles. The fourth-order valence-corrected chi connectivity index (χ4v) is 1.62. The minimum absolute atomic E-state index is 0.169. The van der Waals surface area contributed by atoms with Crippen LogP contribution in [0.5, 0.6) is 0 Å². The normalized spacial score (nSPS) is 10.4. The van der Waals surface area contributed by atoms with Gasteiger partial charge in [-0.1, -0.05) is 11.6 Å². The van der Waals surface area contributed by atoms with Gasteiger partial charge in [-0.25, -0.2) is 9.78 Å². The number of benzene rings is 1. The predicted molar refractivity (Wildman–Crippen MR) is 60.3 cm³/mol. The predicted octanol–water partition coefficient (Wildman–Crippen LogP) is 2.53. The quantitative estimate of drug-likeness (QED) is 0.872. The van der Waals surface area contributed by atoms with Crippen molar-refractivity contribution in [1.82, 2.24) is 9.55 Å². The number of rotatable bonds is 2. The van der Waals surface area contributed by atoms with Crippen LogP contribution >= 0.6 is 11.6 Å².